The zero-order valence-electron chi connectivity index (χ0n) is 11.5. The average Bonchev–Trinajstić information content (AvgIpc) is 2.51. The molecule has 1 N–H and O–H groups in total. The van der Waals surface area contributed by atoms with Crippen LogP contribution in [0.5, 0.6) is 0 Å². The Kier molecular flexibility index (Phi) is 4.42. The maximum Gasteiger partial charge on any atom is 0.0702 e. The molecule has 3 aromatic rings. The highest BCUT2D eigenvalue weighted by atomic mass is 127. The van der Waals surface area contributed by atoms with Gasteiger partial charge in [-0.2, -0.15) is 0 Å². The van der Waals surface area contributed by atoms with Crippen LogP contribution in [-0.2, 0) is 0 Å². The van der Waals surface area contributed by atoms with Gasteiger partial charge in [0.05, 0.1) is 16.6 Å². The fraction of sp³-hybridized carbons (Fsp3) is 0.118. The Labute approximate surface area is 142 Å². The SMILES string of the molecule is CNC(c1ccc(I)c(Cl)c1)c1ccc2ncccc2c1. The van der Waals surface area contributed by atoms with E-state index in [1.54, 1.807) is 0 Å². The molecule has 1 unspecified atom stereocenters. The Morgan fingerprint density at radius 1 is 1.10 bits per heavy atom. The van der Waals surface area contributed by atoms with E-state index in [-0.39, 0.29) is 6.04 Å². The van der Waals surface area contributed by atoms with E-state index in [4.69, 9.17) is 11.6 Å². The third kappa shape index (κ3) is 3.05. The number of benzene rings is 2. The second-order valence-corrected chi connectivity index (χ2v) is 6.42. The first-order valence-corrected chi connectivity index (χ1v) is 8.11. The van der Waals surface area contributed by atoms with E-state index in [0.29, 0.717) is 0 Å². The van der Waals surface area contributed by atoms with Crippen molar-refractivity contribution in [3.63, 3.8) is 0 Å². The molecule has 1 atom stereocenters. The first-order chi connectivity index (χ1) is 10.2. The van der Waals surface area contributed by atoms with Crippen LogP contribution >= 0.6 is 34.2 Å². The number of pyridine rings is 1. The summed E-state index contributed by atoms with van der Waals surface area (Å²) in [6, 6.07) is 16.7. The van der Waals surface area contributed by atoms with Crippen LogP contribution in [0.2, 0.25) is 5.02 Å². The summed E-state index contributed by atoms with van der Waals surface area (Å²) in [5.74, 6) is 0. The molecule has 0 radical (unpaired) electrons. The van der Waals surface area contributed by atoms with Crippen LogP contribution < -0.4 is 5.32 Å². The van der Waals surface area contributed by atoms with Gasteiger partial charge in [0.2, 0.25) is 0 Å². The lowest BCUT2D eigenvalue weighted by Crippen LogP contribution is -2.17. The molecule has 2 nitrogen and oxygen atoms in total. The smallest absolute Gasteiger partial charge is 0.0702 e. The molecule has 0 aliphatic rings. The van der Waals surface area contributed by atoms with Crippen molar-refractivity contribution in [1.29, 1.82) is 0 Å². The molecular weight excluding hydrogens is 395 g/mol. The topological polar surface area (TPSA) is 24.9 Å². The molecule has 0 amide bonds. The lowest BCUT2D eigenvalue weighted by atomic mass is 9.97. The van der Waals surface area contributed by atoms with Crippen LogP contribution in [0.1, 0.15) is 17.2 Å². The van der Waals surface area contributed by atoms with Crippen molar-refractivity contribution >= 4 is 45.1 Å². The van der Waals surface area contributed by atoms with Crippen LogP contribution in [0.4, 0.5) is 0 Å². The number of nitrogens with one attached hydrogen (secondary N) is 1. The van der Waals surface area contributed by atoms with Crippen molar-refractivity contribution < 1.29 is 0 Å². The van der Waals surface area contributed by atoms with Gasteiger partial charge >= 0.3 is 0 Å². The van der Waals surface area contributed by atoms with E-state index in [1.807, 2.05) is 31.4 Å². The molecule has 0 fully saturated rings. The number of fused-ring (bicyclic) bond motifs is 1. The molecule has 0 aliphatic carbocycles. The first-order valence-electron chi connectivity index (χ1n) is 6.66. The van der Waals surface area contributed by atoms with Crippen LogP contribution in [0.25, 0.3) is 10.9 Å². The van der Waals surface area contributed by atoms with Gasteiger partial charge in [0.1, 0.15) is 0 Å². The minimum Gasteiger partial charge on any atom is -0.309 e. The van der Waals surface area contributed by atoms with E-state index < -0.39 is 0 Å². The Bertz CT molecular complexity index is 789. The molecule has 1 aromatic heterocycles. The van der Waals surface area contributed by atoms with Crippen molar-refractivity contribution in [2.45, 2.75) is 6.04 Å². The van der Waals surface area contributed by atoms with Gasteiger partial charge in [0, 0.05) is 15.2 Å². The van der Waals surface area contributed by atoms with Gasteiger partial charge in [-0.25, -0.2) is 0 Å². The molecule has 0 saturated heterocycles. The van der Waals surface area contributed by atoms with Crippen molar-refractivity contribution in [3.8, 4) is 0 Å². The zero-order valence-corrected chi connectivity index (χ0v) is 14.4. The molecule has 2 aromatic carbocycles. The molecule has 4 heteroatoms. The summed E-state index contributed by atoms with van der Waals surface area (Å²) in [5, 5.41) is 5.30. The Hall–Kier alpha value is -1.17. The highest BCUT2D eigenvalue weighted by Gasteiger charge is 2.13. The minimum atomic E-state index is 0.115. The molecule has 106 valence electrons. The van der Waals surface area contributed by atoms with E-state index >= 15 is 0 Å². The number of aromatic nitrogens is 1. The lowest BCUT2D eigenvalue weighted by molar-refractivity contribution is 0.692. The molecule has 0 saturated carbocycles. The average molecular weight is 409 g/mol. The van der Waals surface area contributed by atoms with Gasteiger partial charge in [-0.15, -0.1) is 0 Å². The summed E-state index contributed by atoms with van der Waals surface area (Å²) < 4.78 is 1.07. The molecule has 0 spiro atoms. The summed E-state index contributed by atoms with van der Waals surface area (Å²) in [6.45, 7) is 0. The second-order valence-electron chi connectivity index (χ2n) is 4.85. The number of nitrogens with zero attached hydrogens (tertiary/aromatic N) is 1. The monoisotopic (exact) mass is 408 g/mol. The summed E-state index contributed by atoms with van der Waals surface area (Å²) in [4.78, 5) is 4.36. The van der Waals surface area contributed by atoms with Crippen molar-refractivity contribution in [2.75, 3.05) is 7.05 Å². The molecule has 1 heterocycles. The minimum absolute atomic E-state index is 0.115. The number of rotatable bonds is 3. The molecular formula is C17H14ClIN2. The van der Waals surface area contributed by atoms with E-state index in [0.717, 1.165) is 25.1 Å². The molecule has 0 aliphatic heterocycles. The Balaban J connectivity index is 2.06. The van der Waals surface area contributed by atoms with Crippen molar-refractivity contribution in [2.24, 2.45) is 0 Å². The number of halogens is 2. The molecule has 0 bridgehead atoms. The molecule has 21 heavy (non-hydrogen) atoms. The zero-order chi connectivity index (χ0) is 14.8. The van der Waals surface area contributed by atoms with Gasteiger partial charge < -0.3 is 5.32 Å². The van der Waals surface area contributed by atoms with Crippen LogP contribution in [0, 0.1) is 3.57 Å². The summed E-state index contributed by atoms with van der Waals surface area (Å²) in [6.07, 6.45) is 1.82. The highest BCUT2D eigenvalue weighted by molar-refractivity contribution is 14.1. The third-order valence-electron chi connectivity index (χ3n) is 3.53. The van der Waals surface area contributed by atoms with Gasteiger partial charge in [-0.3, -0.25) is 4.98 Å². The van der Waals surface area contributed by atoms with E-state index in [9.17, 15) is 0 Å². The lowest BCUT2D eigenvalue weighted by Gasteiger charge is -2.18. The van der Waals surface area contributed by atoms with Crippen LogP contribution in [-0.4, -0.2) is 12.0 Å². The third-order valence-corrected chi connectivity index (χ3v) is 5.10. The quantitative estimate of drug-likeness (QED) is 0.630. The summed E-state index contributed by atoms with van der Waals surface area (Å²) in [7, 11) is 1.96. The maximum absolute atomic E-state index is 6.25. The van der Waals surface area contributed by atoms with Crippen LogP contribution in [0.3, 0.4) is 0 Å². The predicted molar refractivity (Wildman–Crippen MR) is 96.8 cm³/mol. The summed E-state index contributed by atoms with van der Waals surface area (Å²) in [5.41, 5.74) is 3.37. The second kappa shape index (κ2) is 6.30. The summed E-state index contributed by atoms with van der Waals surface area (Å²) >= 11 is 8.49. The largest absolute Gasteiger partial charge is 0.309 e. The van der Waals surface area contributed by atoms with E-state index in [1.165, 1.54) is 5.56 Å². The van der Waals surface area contributed by atoms with Gasteiger partial charge in [-0.1, -0.05) is 29.8 Å². The van der Waals surface area contributed by atoms with Gasteiger partial charge in [0.15, 0.2) is 0 Å². The first kappa shape index (κ1) is 14.8. The standard InChI is InChI=1S/C17H14ClIN2/c1-20-17(13-4-6-15(19)14(18)10-13)12-5-7-16-11(9-12)3-2-8-21-16/h2-10,17,20H,1H3. The molecule has 3 rings (SSSR count). The highest BCUT2D eigenvalue weighted by Crippen LogP contribution is 2.28. The fourth-order valence-electron chi connectivity index (χ4n) is 2.49. The van der Waals surface area contributed by atoms with Crippen molar-refractivity contribution in [3.05, 3.63) is 74.4 Å². The Morgan fingerprint density at radius 2 is 1.86 bits per heavy atom. The maximum atomic E-state index is 6.25. The predicted octanol–water partition coefficient (Wildman–Crippen LogP) is 4.80. The Morgan fingerprint density at radius 3 is 2.62 bits per heavy atom. The van der Waals surface area contributed by atoms with Gasteiger partial charge in [0.25, 0.3) is 0 Å². The van der Waals surface area contributed by atoms with Crippen molar-refractivity contribution in [1.82, 2.24) is 10.3 Å². The van der Waals surface area contributed by atoms with E-state index in [2.05, 4.69) is 63.2 Å². The number of hydrogen-bond donors (Lipinski definition) is 1. The fourth-order valence-corrected chi connectivity index (χ4v) is 3.02. The normalized spacial score (nSPS) is 12.5. The van der Waals surface area contributed by atoms with Crippen LogP contribution in [0.15, 0.2) is 54.7 Å². The number of hydrogen-bond acceptors (Lipinski definition) is 2. The van der Waals surface area contributed by atoms with Gasteiger partial charge in [-0.05, 0) is 71.1 Å².